The van der Waals surface area contributed by atoms with Crippen LogP contribution in [0.4, 0.5) is 0 Å². The first-order chi connectivity index (χ1) is 8.76. The monoisotopic (exact) mass is 242 g/mol. The Labute approximate surface area is 105 Å². The van der Waals surface area contributed by atoms with Crippen molar-refractivity contribution < 1.29 is 8.83 Å². The van der Waals surface area contributed by atoms with Gasteiger partial charge in [0.1, 0.15) is 5.58 Å². The largest absolute Gasteiger partial charge is 0.453 e. The first-order valence-electron chi connectivity index (χ1n) is 5.86. The van der Waals surface area contributed by atoms with Gasteiger partial charge in [0.2, 0.25) is 5.89 Å². The van der Waals surface area contributed by atoms with Crippen LogP contribution in [0.15, 0.2) is 39.3 Å². The Morgan fingerprint density at radius 1 is 1.17 bits per heavy atom. The molecule has 0 aliphatic rings. The van der Waals surface area contributed by atoms with Gasteiger partial charge in [0, 0.05) is 5.39 Å². The lowest BCUT2D eigenvalue weighted by molar-refractivity contribution is 0.476. The van der Waals surface area contributed by atoms with Gasteiger partial charge in [-0.25, -0.2) is 4.98 Å². The van der Waals surface area contributed by atoms with Gasteiger partial charge < -0.3 is 14.2 Å². The van der Waals surface area contributed by atoms with E-state index in [4.69, 9.17) is 8.83 Å². The molecule has 2 heterocycles. The van der Waals surface area contributed by atoms with Crippen molar-refractivity contribution in [1.29, 1.82) is 0 Å². The fourth-order valence-electron chi connectivity index (χ4n) is 1.94. The van der Waals surface area contributed by atoms with Gasteiger partial charge in [0.05, 0.1) is 12.7 Å². The molecule has 0 unspecified atom stereocenters. The molecule has 0 spiro atoms. The molecular weight excluding hydrogens is 228 g/mol. The summed E-state index contributed by atoms with van der Waals surface area (Å²) in [5.41, 5.74) is 2.07. The van der Waals surface area contributed by atoms with Crippen LogP contribution in [-0.4, -0.2) is 12.0 Å². The smallest absolute Gasteiger partial charge is 0.209 e. The van der Waals surface area contributed by atoms with Gasteiger partial charge in [-0.05, 0) is 32.2 Å². The van der Waals surface area contributed by atoms with E-state index in [0.717, 1.165) is 11.0 Å². The van der Waals surface area contributed by atoms with Crippen molar-refractivity contribution in [1.82, 2.24) is 10.3 Å². The molecule has 0 amide bonds. The summed E-state index contributed by atoms with van der Waals surface area (Å²) in [4.78, 5) is 4.18. The third-order valence-corrected chi connectivity index (χ3v) is 2.80. The van der Waals surface area contributed by atoms with Crippen LogP contribution in [0.3, 0.4) is 0 Å². The van der Waals surface area contributed by atoms with Gasteiger partial charge in [-0.1, -0.05) is 11.6 Å². The number of benzene rings is 1. The minimum atomic E-state index is 0.610. The quantitative estimate of drug-likeness (QED) is 0.766. The third kappa shape index (κ3) is 1.91. The molecule has 92 valence electrons. The van der Waals surface area contributed by atoms with Crippen molar-refractivity contribution in [2.75, 3.05) is 7.05 Å². The molecule has 3 aromatic rings. The molecule has 1 N–H and O–H groups in total. The van der Waals surface area contributed by atoms with Gasteiger partial charge in [-0.2, -0.15) is 0 Å². The van der Waals surface area contributed by atoms with E-state index < -0.39 is 0 Å². The van der Waals surface area contributed by atoms with Gasteiger partial charge in [-0.3, -0.25) is 0 Å². The number of nitrogens with one attached hydrogen (secondary N) is 1. The number of hydrogen-bond donors (Lipinski definition) is 1. The molecule has 2 aromatic heterocycles. The summed E-state index contributed by atoms with van der Waals surface area (Å²) >= 11 is 0. The number of aryl methyl sites for hydroxylation is 1. The molecule has 0 atom stereocenters. The van der Waals surface area contributed by atoms with E-state index in [9.17, 15) is 0 Å². The number of rotatable bonds is 3. The van der Waals surface area contributed by atoms with Crippen molar-refractivity contribution in [2.24, 2.45) is 0 Å². The summed E-state index contributed by atoms with van der Waals surface area (Å²) in [6.07, 6.45) is 1.69. The molecule has 0 radical (unpaired) electrons. The highest BCUT2D eigenvalue weighted by atomic mass is 16.4. The Morgan fingerprint density at radius 2 is 2.06 bits per heavy atom. The number of oxazole rings is 1. The van der Waals surface area contributed by atoms with Crippen LogP contribution in [0.2, 0.25) is 0 Å². The van der Waals surface area contributed by atoms with Gasteiger partial charge in [0.15, 0.2) is 11.5 Å². The highest BCUT2D eigenvalue weighted by Gasteiger charge is 2.11. The molecule has 4 heteroatoms. The molecule has 0 saturated heterocycles. The molecule has 4 nitrogen and oxygen atoms in total. The number of fused-ring (bicyclic) bond motifs is 1. The topological polar surface area (TPSA) is 51.2 Å². The maximum atomic E-state index is 5.75. The summed E-state index contributed by atoms with van der Waals surface area (Å²) in [5.74, 6) is 2.03. The van der Waals surface area contributed by atoms with Crippen LogP contribution < -0.4 is 5.32 Å². The van der Waals surface area contributed by atoms with Crippen molar-refractivity contribution in [3.05, 3.63) is 41.9 Å². The van der Waals surface area contributed by atoms with Crippen LogP contribution in [-0.2, 0) is 6.54 Å². The maximum absolute atomic E-state index is 5.75. The summed E-state index contributed by atoms with van der Waals surface area (Å²) in [5, 5.41) is 4.08. The van der Waals surface area contributed by atoms with E-state index in [2.05, 4.69) is 23.3 Å². The fraction of sp³-hybridized carbons (Fsp3) is 0.214. The lowest BCUT2D eigenvalue weighted by Gasteiger charge is -1.91. The van der Waals surface area contributed by atoms with E-state index in [1.54, 1.807) is 6.20 Å². The summed E-state index contributed by atoms with van der Waals surface area (Å²) in [6, 6.07) is 8.07. The molecule has 3 rings (SSSR count). The Hall–Kier alpha value is -2.07. The zero-order valence-corrected chi connectivity index (χ0v) is 10.4. The predicted molar refractivity (Wildman–Crippen MR) is 69.2 cm³/mol. The van der Waals surface area contributed by atoms with Crippen LogP contribution in [0.5, 0.6) is 0 Å². The average Bonchev–Trinajstić information content (AvgIpc) is 2.94. The first kappa shape index (κ1) is 11.0. The molecule has 0 aliphatic carbocycles. The minimum Gasteiger partial charge on any atom is -0.453 e. The molecule has 0 saturated carbocycles. The zero-order chi connectivity index (χ0) is 12.5. The van der Waals surface area contributed by atoms with Crippen LogP contribution in [0.1, 0.15) is 11.5 Å². The Kier molecular flexibility index (Phi) is 2.64. The van der Waals surface area contributed by atoms with Crippen molar-refractivity contribution in [3.63, 3.8) is 0 Å². The van der Waals surface area contributed by atoms with E-state index in [1.165, 1.54) is 5.56 Å². The van der Waals surface area contributed by atoms with Gasteiger partial charge in [0.25, 0.3) is 0 Å². The second-order valence-electron chi connectivity index (χ2n) is 4.30. The molecule has 18 heavy (non-hydrogen) atoms. The molecule has 1 aromatic carbocycles. The van der Waals surface area contributed by atoms with Crippen LogP contribution >= 0.6 is 0 Å². The molecule has 0 bridgehead atoms. The number of aromatic nitrogens is 1. The van der Waals surface area contributed by atoms with Gasteiger partial charge >= 0.3 is 0 Å². The standard InChI is InChI=1S/C14H14N2O2/c1-9-3-4-11-10(5-9)6-12(17-11)13-7-16-14(18-13)8-15-2/h3-7,15H,8H2,1-2H3. The number of nitrogens with zero attached hydrogens (tertiary/aromatic N) is 1. The van der Waals surface area contributed by atoms with Crippen molar-refractivity contribution in [3.8, 4) is 11.5 Å². The third-order valence-electron chi connectivity index (χ3n) is 2.80. The van der Waals surface area contributed by atoms with Crippen LogP contribution in [0, 0.1) is 6.92 Å². The highest BCUT2D eigenvalue weighted by Crippen LogP contribution is 2.28. The maximum Gasteiger partial charge on any atom is 0.209 e. The summed E-state index contributed by atoms with van der Waals surface area (Å²) in [7, 11) is 1.85. The second kappa shape index (κ2) is 4.31. The van der Waals surface area contributed by atoms with E-state index >= 15 is 0 Å². The SMILES string of the molecule is CNCc1ncc(-c2cc3cc(C)ccc3o2)o1. The van der Waals surface area contributed by atoms with E-state index in [0.29, 0.717) is 24.0 Å². The molecular formula is C14H14N2O2. The molecule has 0 aliphatic heterocycles. The van der Waals surface area contributed by atoms with E-state index in [1.807, 2.05) is 25.2 Å². The summed E-state index contributed by atoms with van der Waals surface area (Å²) in [6.45, 7) is 2.67. The van der Waals surface area contributed by atoms with Crippen LogP contribution in [0.25, 0.3) is 22.5 Å². The predicted octanol–water partition coefficient (Wildman–Crippen LogP) is 3.12. The highest BCUT2D eigenvalue weighted by molar-refractivity contribution is 5.82. The average molecular weight is 242 g/mol. The Balaban J connectivity index is 2.02. The van der Waals surface area contributed by atoms with Crippen molar-refractivity contribution in [2.45, 2.75) is 13.5 Å². The molecule has 0 fully saturated rings. The first-order valence-corrected chi connectivity index (χ1v) is 5.86. The van der Waals surface area contributed by atoms with E-state index in [-0.39, 0.29) is 0 Å². The zero-order valence-electron chi connectivity index (χ0n) is 10.4. The Bertz CT molecular complexity index is 682. The second-order valence-corrected chi connectivity index (χ2v) is 4.30. The van der Waals surface area contributed by atoms with Crippen molar-refractivity contribution >= 4 is 11.0 Å². The lowest BCUT2D eigenvalue weighted by Crippen LogP contribution is -2.04. The Morgan fingerprint density at radius 3 is 2.89 bits per heavy atom. The lowest BCUT2D eigenvalue weighted by atomic mass is 10.2. The minimum absolute atomic E-state index is 0.610. The number of furan rings is 1. The normalized spacial score (nSPS) is 11.2. The fourth-order valence-corrected chi connectivity index (χ4v) is 1.94. The number of hydrogen-bond acceptors (Lipinski definition) is 4. The van der Waals surface area contributed by atoms with Gasteiger partial charge in [-0.15, -0.1) is 0 Å². The summed E-state index contributed by atoms with van der Waals surface area (Å²) < 4.78 is 11.3.